The fourth-order valence-corrected chi connectivity index (χ4v) is 1.16. The number of pyridine rings is 1. The third kappa shape index (κ3) is 4.48. The predicted octanol–water partition coefficient (Wildman–Crippen LogP) is 1.93. The highest BCUT2D eigenvalue weighted by Gasteiger charge is 2.18. The fraction of sp³-hybridized carbons (Fsp3) is 0.417. The van der Waals surface area contributed by atoms with E-state index in [0.717, 1.165) is 0 Å². The summed E-state index contributed by atoms with van der Waals surface area (Å²) in [5.41, 5.74) is -0.805. The van der Waals surface area contributed by atoms with Crippen LogP contribution in [0, 0.1) is 5.95 Å². The van der Waals surface area contributed by atoms with Gasteiger partial charge in [-0.3, -0.25) is 4.79 Å². The van der Waals surface area contributed by atoms with Gasteiger partial charge in [-0.15, -0.1) is 0 Å². The maximum absolute atomic E-state index is 13.2. The average Bonchev–Trinajstić information content (AvgIpc) is 2.24. The quantitative estimate of drug-likeness (QED) is 0.661. The number of hydrogen-bond donors (Lipinski definition) is 1. The molecule has 0 aromatic carbocycles. The number of alkyl carbamates (subject to hydrolysis) is 1. The van der Waals surface area contributed by atoms with Gasteiger partial charge in [0.05, 0.1) is 12.1 Å². The minimum atomic E-state index is -0.853. The summed E-state index contributed by atoms with van der Waals surface area (Å²) in [5, 5.41) is 2.26. The number of halogens is 1. The van der Waals surface area contributed by atoms with E-state index in [2.05, 4.69) is 10.3 Å². The molecule has 0 fully saturated rings. The number of carbonyl (C=O) groups is 2. The van der Waals surface area contributed by atoms with E-state index in [-0.39, 0.29) is 12.1 Å². The van der Waals surface area contributed by atoms with E-state index >= 15 is 0 Å². The minimum Gasteiger partial charge on any atom is -0.444 e. The highest BCUT2D eigenvalue weighted by molar-refractivity contribution is 5.98. The summed E-state index contributed by atoms with van der Waals surface area (Å²) in [4.78, 5) is 26.2. The van der Waals surface area contributed by atoms with Gasteiger partial charge in [-0.25, -0.2) is 9.78 Å². The molecule has 0 radical (unpaired) electrons. The zero-order valence-corrected chi connectivity index (χ0v) is 10.5. The van der Waals surface area contributed by atoms with Crippen LogP contribution in [0.4, 0.5) is 9.18 Å². The molecule has 1 aromatic heterocycles. The maximum atomic E-state index is 13.2. The Morgan fingerprint density at radius 2 is 2.11 bits per heavy atom. The van der Waals surface area contributed by atoms with Crippen molar-refractivity contribution < 1.29 is 18.7 Å². The summed E-state index contributed by atoms with van der Waals surface area (Å²) in [6, 6.07) is 2.76. The molecule has 0 aliphatic carbocycles. The first-order valence-electron chi connectivity index (χ1n) is 5.40. The summed E-state index contributed by atoms with van der Waals surface area (Å²) in [7, 11) is 0. The van der Waals surface area contributed by atoms with E-state index in [1.54, 1.807) is 20.8 Å². The van der Waals surface area contributed by atoms with E-state index in [4.69, 9.17) is 4.74 Å². The molecule has 0 spiro atoms. The lowest BCUT2D eigenvalue weighted by Crippen LogP contribution is -2.35. The van der Waals surface area contributed by atoms with Crippen LogP contribution in [0.5, 0.6) is 0 Å². The summed E-state index contributed by atoms with van der Waals surface area (Å²) < 4.78 is 18.1. The number of ketones is 1. The Labute approximate surface area is 104 Å². The molecule has 0 saturated carbocycles. The van der Waals surface area contributed by atoms with Crippen LogP contribution in [-0.2, 0) is 4.74 Å². The molecule has 0 unspecified atom stereocenters. The second-order valence-corrected chi connectivity index (χ2v) is 4.62. The van der Waals surface area contributed by atoms with Gasteiger partial charge in [0.2, 0.25) is 5.95 Å². The van der Waals surface area contributed by atoms with Crippen molar-refractivity contribution in [2.24, 2.45) is 0 Å². The zero-order valence-electron chi connectivity index (χ0n) is 10.5. The van der Waals surface area contributed by atoms with Crippen molar-refractivity contribution in [3.8, 4) is 0 Å². The number of nitrogens with one attached hydrogen (secondary N) is 1. The molecule has 0 aliphatic rings. The van der Waals surface area contributed by atoms with Crippen LogP contribution in [0.2, 0.25) is 0 Å². The first-order chi connectivity index (χ1) is 8.29. The summed E-state index contributed by atoms with van der Waals surface area (Å²) >= 11 is 0. The van der Waals surface area contributed by atoms with E-state index in [9.17, 15) is 14.0 Å². The minimum absolute atomic E-state index is 0.159. The first kappa shape index (κ1) is 14.1. The summed E-state index contributed by atoms with van der Waals surface area (Å²) in [6.45, 7) is 4.77. The molecule has 1 N–H and O–H groups in total. The molecule has 1 rings (SSSR count). The number of carbonyl (C=O) groups excluding carboxylic acids is 2. The molecule has 98 valence electrons. The number of aromatic nitrogens is 1. The molecule has 0 atom stereocenters. The Balaban J connectivity index is 2.52. The third-order valence-corrected chi connectivity index (χ3v) is 1.85. The molecule has 6 heteroatoms. The Morgan fingerprint density at radius 3 is 2.67 bits per heavy atom. The van der Waals surface area contributed by atoms with Crippen molar-refractivity contribution in [3.63, 3.8) is 0 Å². The molecule has 0 bridgehead atoms. The number of ether oxygens (including phenoxy) is 1. The van der Waals surface area contributed by atoms with Crippen LogP contribution < -0.4 is 5.32 Å². The second-order valence-electron chi connectivity index (χ2n) is 4.62. The van der Waals surface area contributed by atoms with Crippen molar-refractivity contribution >= 4 is 11.9 Å². The SMILES string of the molecule is CC(C)(C)OC(=O)NCC(=O)c1cccnc1F. The average molecular weight is 254 g/mol. The molecule has 18 heavy (non-hydrogen) atoms. The molecular weight excluding hydrogens is 239 g/mol. The van der Waals surface area contributed by atoms with Crippen LogP contribution in [0.1, 0.15) is 31.1 Å². The zero-order chi connectivity index (χ0) is 13.8. The van der Waals surface area contributed by atoms with E-state index in [0.29, 0.717) is 0 Å². The van der Waals surface area contributed by atoms with Gasteiger partial charge < -0.3 is 10.1 Å². The maximum Gasteiger partial charge on any atom is 0.408 e. The Morgan fingerprint density at radius 1 is 1.44 bits per heavy atom. The standard InChI is InChI=1S/C12H15FN2O3/c1-12(2,3)18-11(17)15-7-9(16)8-5-4-6-14-10(8)13/h4-6H,7H2,1-3H3,(H,15,17). The largest absolute Gasteiger partial charge is 0.444 e. The van der Waals surface area contributed by atoms with Gasteiger partial charge in [0.15, 0.2) is 5.78 Å². The lowest BCUT2D eigenvalue weighted by atomic mass is 10.2. The number of nitrogens with zero attached hydrogens (tertiary/aromatic N) is 1. The van der Waals surface area contributed by atoms with Gasteiger partial charge in [0, 0.05) is 6.20 Å². The smallest absolute Gasteiger partial charge is 0.408 e. The van der Waals surface area contributed by atoms with Gasteiger partial charge in [0.1, 0.15) is 5.60 Å². The topological polar surface area (TPSA) is 68.3 Å². The van der Waals surface area contributed by atoms with E-state index in [1.165, 1.54) is 18.3 Å². The van der Waals surface area contributed by atoms with E-state index < -0.39 is 23.4 Å². The highest BCUT2D eigenvalue weighted by Crippen LogP contribution is 2.07. The van der Waals surface area contributed by atoms with Crippen molar-refractivity contribution in [1.29, 1.82) is 0 Å². The van der Waals surface area contributed by atoms with Crippen molar-refractivity contribution in [1.82, 2.24) is 10.3 Å². The number of rotatable bonds is 3. The van der Waals surface area contributed by atoms with Gasteiger partial charge in [-0.05, 0) is 32.9 Å². The van der Waals surface area contributed by atoms with Gasteiger partial charge >= 0.3 is 6.09 Å². The number of hydrogen-bond acceptors (Lipinski definition) is 4. The van der Waals surface area contributed by atoms with Gasteiger partial charge in [-0.1, -0.05) is 0 Å². The molecular formula is C12H15FN2O3. The Bertz CT molecular complexity index is 455. The highest BCUT2D eigenvalue weighted by atomic mass is 19.1. The fourth-order valence-electron chi connectivity index (χ4n) is 1.16. The molecule has 1 heterocycles. The van der Waals surface area contributed by atoms with Crippen molar-refractivity contribution in [2.75, 3.05) is 6.54 Å². The lowest BCUT2D eigenvalue weighted by Gasteiger charge is -2.19. The van der Waals surface area contributed by atoms with Crippen molar-refractivity contribution in [2.45, 2.75) is 26.4 Å². The lowest BCUT2D eigenvalue weighted by molar-refractivity contribution is 0.0520. The second kappa shape index (κ2) is 5.57. The van der Waals surface area contributed by atoms with Crippen LogP contribution in [0.25, 0.3) is 0 Å². The Kier molecular flexibility index (Phi) is 4.36. The monoisotopic (exact) mass is 254 g/mol. The van der Waals surface area contributed by atoms with Gasteiger partial charge in [0.25, 0.3) is 0 Å². The van der Waals surface area contributed by atoms with Crippen LogP contribution in [-0.4, -0.2) is 29.0 Å². The van der Waals surface area contributed by atoms with Gasteiger partial charge in [-0.2, -0.15) is 4.39 Å². The molecule has 1 aromatic rings. The molecule has 0 aliphatic heterocycles. The number of Topliss-reactive ketones (excluding diaryl/α,β-unsaturated/α-hetero) is 1. The summed E-state index contributed by atoms with van der Waals surface area (Å²) in [6.07, 6.45) is 0.521. The Hall–Kier alpha value is -1.98. The normalized spacial score (nSPS) is 10.9. The predicted molar refractivity (Wildman–Crippen MR) is 62.8 cm³/mol. The van der Waals surface area contributed by atoms with Crippen LogP contribution in [0.3, 0.4) is 0 Å². The molecule has 1 amide bonds. The van der Waals surface area contributed by atoms with Crippen LogP contribution >= 0.6 is 0 Å². The first-order valence-corrected chi connectivity index (χ1v) is 5.40. The van der Waals surface area contributed by atoms with Crippen LogP contribution in [0.15, 0.2) is 18.3 Å². The van der Waals surface area contributed by atoms with E-state index in [1.807, 2.05) is 0 Å². The molecule has 5 nitrogen and oxygen atoms in total. The third-order valence-electron chi connectivity index (χ3n) is 1.85. The van der Waals surface area contributed by atoms with Crippen molar-refractivity contribution in [3.05, 3.63) is 29.8 Å². The number of amides is 1. The molecule has 0 saturated heterocycles. The summed E-state index contributed by atoms with van der Waals surface area (Å²) in [5.74, 6) is -1.42.